The van der Waals surface area contributed by atoms with E-state index < -0.39 is 0 Å². The van der Waals surface area contributed by atoms with Gasteiger partial charge in [0.15, 0.2) is 0 Å². The van der Waals surface area contributed by atoms with Gasteiger partial charge in [-0.25, -0.2) is 0 Å². The molecule has 0 aliphatic heterocycles. The molecule has 5 aromatic carbocycles. The van der Waals surface area contributed by atoms with E-state index in [1.807, 2.05) is 0 Å². The molecule has 0 N–H and O–H groups in total. The highest BCUT2D eigenvalue weighted by atomic mass is 14.2. The molecule has 0 aromatic heterocycles. The van der Waals surface area contributed by atoms with E-state index >= 15 is 0 Å². The lowest BCUT2D eigenvalue weighted by atomic mass is 9.92. The van der Waals surface area contributed by atoms with E-state index in [-0.39, 0.29) is 0 Å². The minimum Gasteiger partial charge on any atom is -0.0616 e. The van der Waals surface area contributed by atoms with Crippen molar-refractivity contribution in [2.45, 2.75) is 53.4 Å². The van der Waals surface area contributed by atoms with Crippen molar-refractivity contribution in [1.29, 1.82) is 0 Å². The summed E-state index contributed by atoms with van der Waals surface area (Å²) in [5.41, 5.74) is 5.97. The molecule has 0 saturated carbocycles. The normalized spacial score (nSPS) is 12.6. The van der Waals surface area contributed by atoms with E-state index in [0.29, 0.717) is 0 Å². The molecule has 0 nitrogen and oxygen atoms in total. The van der Waals surface area contributed by atoms with Crippen LogP contribution in [0.3, 0.4) is 0 Å². The zero-order chi connectivity index (χ0) is 23.1. The molecule has 0 bridgehead atoms. The first-order chi connectivity index (χ1) is 16.7. The Morgan fingerprint density at radius 1 is 0.412 bits per heavy atom. The van der Waals surface area contributed by atoms with Crippen LogP contribution in [-0.2, 0) is 25.7 Å². The summed E-state index contributed by atoms with van der Waals surface area (Å²) in [7, 11) is 0. The lowest BCUT2D eigenvalue weighted by Crippen LogP contribution is -1.95. The first-order valence-electron chi connectivity index (χ1n) is 13.1. The van der Waals surface area contributed by atoms with Gasteiger partial charge in [0.2, 0.25) is 0 Å². The third-order valence-corrected chi connectivity index (χ3v) is 8.52. The molecule has 0 heteroatoms. The van der Waals surface area contributed by atoms with E-state index in [1.54, 1.807) is 0 Å². The predicted molar refractivity (Wildman–Crippen MR) is 143 cm³/mol. The van der Waals surface area contributed by atoms with Crippen LogP contribution in [0.1, 0.15) is 49.9 Å². The van der Waals surface area contributed by atoms with E-state index in [9.17, 15) is 0 Å². The van der Waals surface area contributed by atoms with Crippen LogP contribution in [0.25, 0.3) is 21.5 Å². The summed E-state index contributed by atoms with van der Waals surface area (Å²) < 4.78 is 0. The third-order valence-electron chi connectivity index (χ3n) is 8.52. The van der Waals surface area contributed by atoms with Crippen molar-refractivity contribution in [3.05, 3.63) is 125 Å². The Kier molecular flexibility index (Phi) is 4.16. The summed E-state index contributed by atoms with van der Waals surface area (Å²) in [4.78, 5) is 0. The summed E-state index contributed by atoms with van der Waals surface area (Å²) in [5, 5.41) is 17.6. The van der Waals surface area contributed by atoms with Gasteiger partial charge >= 0.3 is 0 Å². The fourth-order valence-electron chi connectivity index (χ4n) is 7.13. The van der Waals surface area contributed by atoms with Gasteiger partial charge < -0.3 is 0 Å². The van der Waals surface area contributed by atoms with Crippen LogP contribution in [0.15, 0.2) is 60.7 Å². The number of benzene rings is 5. The lowest BCUT2D eigenvalue weighted by Gasteiger charge is -2.11. The van der Waals surface area contributed by atoms with E-state index in [0.717, 1.165) is 25.7 Å². The first kappa shape index (κ1) is 20.0. The SMILES string of the molecule is CCc1ccc(CC)c2c1=c1ccc3c4c(ccc=2c14)=c1c(CC)c2ccccc2c(CC)c1=3. The second kappa shape index (κ2) is 7.06. The Labute approximate surface area is 199 Å². The number of aryl methyl sites for hydroxylation is 4. The van der Waals surface area contributed by atoms with Gasteiger partial charge in [0.05, 0.1) is 0 Å². The third kappa shape index (κ3) is 2.24. The maximum Gasteiger partial charge on any atom is -0.00137 e. The summed E-state index contributed by atoms with van der Waals surface area (Å²) in [6.07, 6.45) is 4.25. The van der Waals surface area contributed by atoms with Gasteiger partial charge in [0.1, 0.15) is 0 Å². The molecule has 0 fully saturated rings. The molecule has 34 heavy (non-hydrogen) atoms. The summed E-state index contributed by atoms with van der Waals surface area (Å²) >= 11 is 0. The van der Waals surface area contributed by atoms with Gasteiger partial charge in [-0.05, 0) is 111 Å². The summed E-state index contributed by atoms with van der Waals surface area (Å²) in [6, 6.07) is 23.6. The molecule has 2 aliphatic carbocycles. The zero-order valence-electron chi connectivity index (χ0n) is 20.6. The van der Waals surface area contributed by atoms with Crippen LogP contribution in [0.2, 0.25) is 0 Å². The lowest BCUT2D eigenvalue weighted by molar-refractivity contribution is 1.07. The highest BCUT2D eigenvalue weighted by Gasteiger charge is 2.19. The van der Waals surface area contributed by atoms with Crippen LogP contribution in [0, 0.1) is 41.7 Å². The Morgan fingerprint density at radius 2 is 0.794 bits per heavy atom. The standard InChI is InChI=1S/C34H30/c1-5-19-13-14-20(6-2)30-26-16-18-28-32-22(8-4)24-12-10-9-11-23(24)21(7-3)31(32)27-17-15-25(29(19)30)33(26)34(27)28/h9-18H,5-8H2,1-4H3. The van der Waals surface area contributed by atoms with Gasteiger partial charge in [-0.1, -0.05) is 88.4 Å². The average molecular weight is 439 g/mol. The molecule has 7 rings (SSSR count). The first-order valence-corrected chi connectivity index (χ1v) is 13.1. The highest BCUT2D eigenvalue weighted by Crippen LogP contribution is 2.36. The van der Waals surface area contributed by atoms with Gasteiger partial charge in [0.25, 0.3) is 0 Å². The Balaban J connectivity index is 1.92. The Hall–Kier alpha value is -3.38. The molecule has 0 saturated heterocycles. The largest absolute Gasteiger partial charge is 0.0616 e. The molecule has 0 heterocycles. The second-order valence-electron chi connectivity index (χ2n) is 9.87. The van der Waals surface area contributed by atoms with E-state index in [2.05, 4.69) is 88.4 Å². The Bertz CT molecular complexity index is 1950. The topological polar surface area (TPSA) is 0 Å². The number of rotatable bonds is 4. The molecule has 0 spiro atoms. The van der Waals surface area contributed by atoms with Crippen molar-refractivity contribution in [1.82, 2.24) is 0 Å². The molecule has 0 amide bonds. The van der Waals surface area contributed by atoms with Crippen molar-refractivity contribution < 1.29 is 0 Å². The van der Waals surface area contributed by atoms with Gasteiger partial charge in [0, 0.05) is 0 Å². The molecule has 0 atom stereocenters. The van der Waals surface area contributed by atoms with Crippen molar-refractivity contribution in [3.63, 3.8) is 0 Å². The van der Waals surface area contributed by atoms with Crippen molar-refractivity contribution in [2.24, 2.45) is 0 Å². The quantitative estimate of drug-likeness (QED) is 0.261. The van der Waals surface area contributed by atoms with E-state index in [1.165, 1.54) is 85.5 Å². The zero-order valence-corrected chi connectivity index (χ0v) is 20.6. The van der Waals surface area contributed by atoms with Gasteiger partial charge in [-0.15, -0.1) is 0 Å². The minimum atomic E-state index is 1.05. The summed E-state index contributed by atoms with van der Waals surface area (Å²) in [5.74, 6) is 0. The van der Waals surface area contributed by atoms with Gasteiger partial charge in [-0.2, -0.15) is 0 Å². The van der Waals surface area contributed by atoms with Gasteiger partial charge in [-0.3, -0.25) is 0 Å². The summed E-state index contributed by atoms with van der Waals surface area (Å²) in [6.45, 7) is 9.23. The van der Waals surface area contributed by atoms with Crippen LogP contribution in [0.5, 0.6) is 0 Å². The van der Waals surface area contributed by atoms with Crippen LogP contribution < -0.4 is 0 Å². The van der Waals surface area contributed by atoms with Crippen molar-refractivity contribution in [3.8, 4) is 0 Å². The molecule has 166 valence electrons. The van der Waals surface area contributed by atoms with Crippen LogP contribution in [0.4, 0.5) is 0 Å². The molecular formula is C34H30. The second-order valence-corrected chi connectivity index (χ2v) is 9.87. The average Bonchev–Trinajstić information content (AvgIpc) is 3.40. The molecule has 5 aromatic rings. The smallest absolute Gasteiger partial charge is 0.00137 e. The molecular weight excluding hydrogens is 408 g/mol. The maximum atomic E-state index is 2.44. The van der Waals surface area contributed by atoms with Crippen molar-refractivity contribution in [2.75, 3.05) is 0 Å². The van der Waals surface area contributed by atoms with Crippen LogP contribution >= 0.6 is 0 Å². The Morgan fingerprint density at radius 3 is 1.15 bits per heavy atom. The molecule has 2 aliphatic rings. The fraction of sp³-hybridized carbons (Fsp3) is 0.235. The van der Waals surface area contributed by atoms with Crippen LogP contribution in [-0.4, -0.2) is 0 Å². The molecule has 0 radical (unpaired) electrons. The van der Waals surface area contributed by atoms with Crippen molar-refractivity contribution >= 4 is 21.5 Å². The van der Waals surface area contributed by atoms with E-state index in [4.69, 9.17) is 0 Å². The molecule has 0 unspecified atom stereocenters. The fourth-order valence-corrected chi connectivity index (χ4v) is 7.13. The number of hydrogen-bond acceptors (Lipinski definition) is 0. The number of hydrogen-bond donors (Lipinski definition) is 0. The highest BCUT2D eigenvalue weighted by molar-refractivity contribution is 5.93. The predicted octanol–water partition coefficient (Wildman–Crippen LogP) is 8.02. The maximum absolute atomic E-state index is 2.44. The number of fused-ring (bicyclic) bond motifs is 3. The minimum absolute atomic E-state index is 1.05. The monoisotopic (exact) mass is 438 g/mol.